The van der Waals surface area contributed by atoms with Crippen LogP contribution in [-0.4, -0.2) is 34.1 Å². The van der Waals surface area contributed by atoms with Crippen molar-refractivity contribution in [2.75, 3.05) is 11.9 Å². The fourth-order valence-electron chi connectivity index (χ4n) is 3.83. The first-order valence-electron chi connectivity index (χ1n) is 11.0. The number of amides is 1. The van der Waals surface area contributed by atoms with Crippen LogP contribution in [0, 0.1) is 0 Å². The van der Waals surface area contributed by atoms with E-state index in [0.29, 0.717) is 10.6 Å². The van der Waals surface area contributed by atoms with Crippen molar-refractivity contribution in [3.05, 3.63) is 69.7 Å². The van der Waals surface area contributed by atoms with Gasteiger partial charge < -0.3 is 23.9 Å². The smallest absolute Gasteiger partial charge is 0.455 e. The van der Waals surface area contributed by atoms with E-state index in [1.54, 1.807) is 24.3 Å². The second-order valence-electron chi connectivity index (χ2n) is 8.99. The molecule has 0 radical (unpaired) electrons. The largest absolute Gasteiger partial charge is 0.586 e. The maximum atomic E-state index is 13.4. The van der Waals surface area contributed by atoms with Crippen LogP contribution in [0.15, 0.2) is 57.7 Å². The summed E-state index contributed by atoms with van der Waals surface area (Å²) in [5.41, 5.74) is -0.852. The molecule has 192 valence electrons. The fourth-order valence-corrected chi connectivity index (χ4v) is 4.02. The standard InChI is InChI=1S/C25H20ClF2N3O6/c1-24(2,34)19-11-16-22(35-19)21(13-5-4-6-14(26)9-13)29-31(23(16)33)12-20(32)30(3)15-7-8-17-18(10-15)37-25(27,28)36-17/h4-11,34H,12H2,1-3H3. The van der Waals surface area contributed by atoms with Gasteiger partial charge in [0.05, 0.1) is 5.39 Å². The van der Waals surface area contributed by atoms with E-state index >= 15 is 0 Å². The SMILES string of the molecule is CN(C(=O)Cn1nc(-c2cccc(Cl)c2)c2oc(C(C)(C)O)cc2c1=O)c1ccc2c(c1)OC(F)(F)O2. The summed E-state index contributed by atoms with van der Waals surface area (Å²) in [6.07, 6.45) is -3.79. The van der Waals surface area contributed by atoms with Gasteiger partial charge in [-0.2, -0.15) is 5.10 Å². The van der Waals surface area contributed by atoms with Gasteiger partial charge in [0.1, 0.15) is 23.6 Å². The number of alkyl halides is 2. The van der Waals surface area contributed by atoms with Crippen molar-refractivity contribution in [3.63, 3.8) is 0 Å². The third kappa shape index (κ3) is 4.63. The average molecular weight is 532 g/mol. The first kappa shape index (κ1) is 24.7. The molecule has 37 heavy (non-hydrogen) atoms. The lowest BCUT2D eigenvalue weighted by Crippen LogP contribution is -2.35. The highest BCUT2D eigenvalue weighted by Crippen LogP contribution is 2.42. The number of rotatable bonds is 5. The molecule has 0 unspecified atom stereocenters. The number of likely N-dealkylation sites (N-methyl/N-ethyl adjacent to an activating group) is 1. The van der Waals surface area contributed by atoms with E-state index in [4.69, 9.17) is 16.0 Å². The first-order chi connectivity index (χ1) is 17.3. The highest BCUT2D eigenvalue weighted by atomic mass is 35.5. The number of hydrogen-bond donors (Lipinski definition) is 1. The number of aromatic nitrogens is 2. The number of hydrogen-bond acceptors (Lipinski definition) is 7. The number of nitrogens with zero attached hydrogens (tertiary/aromatic N) is 3. The molecule has 1 aliphatic heterocycles. The Hall–Kier alpha value is -3.96. The van der Waals surface area contributed by atoms with Crippen LogP contribution in [0.4, 0.5) is 14.5 Å². The van der Waals surface area contributed by atoms with E-state index in [9.17, 15) is 23.5 Å². The van der Waals surface area contributed by atoms with Gasteiger partial charge in [0.2, 0.25) is 5.91 Å². The van der Waals surface area contributed by atoms with E-state index in [-0.39, 0.29) is 39.6 Å². The van der Waals surface area contributed by atoms with E-state index < -0.39 is 29.9 Å². The van der Waals surface area contributed by atoms with E-state index in [0.717, 1.165) is 4.68 Å². The third-order valence-electron chi connectivity index (χ3n) is 5.77. The molecule has 3 heterocycles. The van der Waals surface area contributed by atoms with E-state index in [1.165, 1.54) is 50.1 Å². The number of carbonyl (C=O) groups excluding carboxylic acids is 1. The highest BCUT2D eigenvalue weighted by molar-refractivity contribution is 6.30. The number of benzene rings is 2. The summed E-state index contributed by atoms with van der Waals surface area (Å²) in [5, 5.41) is 15.3. The van der Waals surface area contributed by atoms with Gasteiger partial charge in [0.25, 0.3) is 5.56 Å². The van der Waals surface area contributed by atoms with Gasteiger partial charge in [-0.15, -0.1) is 8.78 Å². The molecule has 1 aliphatic rings. The number of aliphatic hydroxyl groups is 1. The minimum Gasteiger partial charge on any atom is -0.455 e. The molecule has 9 nitrogen and oxygen atoms in total. The second kappa shape index (κ2) is 8.56. The van der Waals surface area contributed by atoms with Gasteiger partial charge in [-0.1, -0.05) is 23.7 Å². The quantitative estimate of drug-likeness (QED) is 0.403. The maximum Gasteiger partial charge on any atom is 0.586 e. The summed E-state index contributed by atoms with van der Waals surface area (Å²) in [5.74, 6) is -0.808. The molecule has 2 aromatic carbocycles. The van der Waals surface area contributed by atoms with Gasteiger partial charge >= 0.3 is 6.29 Å². The van der Waals surface area contributed by atoms with Crippen LogP contribution in [0.25, 0.3) is 22.2 Å². The summed E-state index contributed by atoms with van der Waals surface area (Å²) in [4.78, 5) is 27.6. The summed E-state index contributed by atoms with van der Waals surface area (Å²) < 4.78 is 42.4. The van der Waals surface area contributed by atoms with Crippen LogP contribution in [0.3, 0.4) is 0 Å². The van der Waals surface area contributed by atoms with Crippen molar-refractivity contribution in [1.29, 1.82) is 0 Å². The predicted octanol–water partition coefficient (Wildman–Crippen LogP) is 4.52. The van der Waals surface area contributed by atoms with Crippen molar-refractivity contribution in [1.82, 2.24) is 9.78 Å². The van der Waals surface area contributed by atoms with Gasteiger partial charge in [0.15, 0.2) is 17.1 Å². The minimum atomic E-state index is -3.79. The average Bonchev–Trinajstić information content (AvgIpc) is 3.40. The lowest BCUT2D eigenvalue weighted by atomic mass is 10.1. The Labute approximate surface area is 213 Å². The molecule has 0 spiro atoms. The number of fused-ring (bicyclic) bond motifs is 2. The topological polar surface area (TPSA) is 107 Å². The molecule has 12 heteroatoms. The molecular formula is C25H20ClF2N3O6. The molecule has 0 aliphatic carbocycles. The van der Waals surface area contributed by atoms with Crippen molar-refractivity contribution in [3.8, 4) is 22.8 Å². The Morgan fingerprint density at radius 3 is 2.59 bits per heavy atom. The Morgan fingerprint density at radius 2 is 1.89 bits per heavy atom. The molecule has 1 amide bonds. The zero-order chi connectivity index (χ0) is 26.7. The molecule has 0 atom stereocenters. The summed E-state index contributed by atoms with van der Waals surface area (Å²) in [6.45, 7) is 2.54. The first-order valence-corrected chi connectivity index (χ1v) is 11.4. The van der Waals surface area contributed by atoms with Gasteiger partial charge in [-0.25, -0.2) is 4.68 Å². The van der Waals surface area contributed by atoms with Crippen LogP contribution in [-0.2, 0) is 16.9 Å². The third-order valence-corrected chi connectivity index (χ3v) is 6.00. The Bertz CT molecular complexity index is 1610. The molecule has 5 rings (SSSR count). The molecule has 0 saturated heterocycles. The van der Waals surface area contributed by atoms with Crippen LogP contribution in [0.2, 0.25) is 5.02 Å². The summed E-state index contributed by atoms with van der Waals surface area (Å²) >= 11 is 6.15. The van der Waals surface area contributed by atoms with Gasteiger partial charge in [-0.05, 0) is 44.2 Å². The van der Waals surface area contributed by atoms with Crippen LogP contribution >= 0.6 is 11.6 Å². The zero-order valence-corrected chi connectivity index (χ0v) is 20.5. The van der Waals surface area contributed by atoms with Crippen molar-refractivity contribution >= 4 is 34.2 Å². The van der Waals surface area contributed by atoms with Crippen LogP contribution in [0.1, 0.15) is 19.6 Å². The predicted molar refractivity (Wildman–Crippen MR) is 130 cm³/mol. The van der Waals surface area contributed by atoms with Crippen LogP contribution < -0.4 is 19.9 Å². The van der Waals surface area contributed by atoms with Crippen LogP contribution in [0.5, 0.6) is 11.5 Å². The van der Waals surface area contributed by atoms with E-state index in [1.807, 2.05) is 0 Å². The second-order valence-corrected chi connectivity index (χ2v) is 9.42. The number of carbonyl (C=O) groups is 1. The lowest BCUT2D eigenvalue weighted by Gasteiger charge is -2.18. The molecule has 0 bridgehead atoms. The molecule has 0 fully saturated rings. The van der Waals surface area contributed by atoms with Gasteiger partial charge in [-0.3, -0.25) is 9.59 Å². The highest BCUT2D eigenvalue weighted by Gasteiger charge is 2.43. The lowest BCUT2D eigenvalue weighted by molar-refractivity contribution is -0.286. The molecular weight excluding hydrogens is 512 g/mol. The monoisotopic (exact) mass is 531 g/mol. The normalized spacial score (nSPS) is 14.2. The molecule has 2 aromatic heterocycles. The number of anilines is 1. The number of halogens is 3. The molecule has 0 saturated carbocycles. The van der Waals surface area contributed by atoms with Crippen molar-refractivity contribution < 1.29 is 32.6 Å². The fraction of sp³-hybridized carbons (Fsp3) is 0.240. The van der Waals surface area contributed by atoms with Gasteiger partial charge in [0, 0.05) is 29.4 Å². The van der Waals surface area contributed by atoms with Crippen molar-refractivity contribution in [2.24, 2.45) is 0 Å². The van der Waals surface area contributed by atoms with Crippen molar-refractivity contribution in [2.45, 2.75) is 32.3 Å². The zero-order valence-electron chi connectivity index (χ0n) is 19.8. The van der Waals surface area contributed by atoms with E-state index in [2.05, 4.69) is 14.6 Å². The Morgan fingerprint density at radius 1 is 1.16 bits per heavy atom. The molecule has 1 N–H and O–H groups in total. The summed E-state index contributed by atoms with van der Waals surface area (Å²) in [7, 11) is 1.42. The maximum absolute atomic E-state index is 13.4. The Balaban J connectivity index is 1.54. The number of ether oxygens (including phenoxy) is 2. The minimum absolute atomic E-state index is 0.114. The molecule has 4 aromatic rings. The Kier molecular flexibility index (Phi) is 5.72. The summed E-state index contributed by atoms with van der Waals surface area (Å²) in [6, 6.07) is 12.0. The number of furan rings is 1.